The van der Waals surface area contributed by atoms with E-state index >= 15 is 0 Å². The van der Waals surface area contributed by atoms with Crippen molar-refractivity contribution in [3.05, 3.63) is 24.0 Å². The summed E-state index contributed by atoms with van der Waals surface area (Å²) in [7, 11) is -4.53. The molecule has 5 nitrogen and oxygen atoms in total. The maximum Gasteiger partial charge on any atom is 0.277 e. The van der Waals surface area contributed by atoms with Gasteiger partial charge < -0.3 is 10.2 Å². The van der Waals surface area contributed by atoms with Gasteiger partial charge in [-0.2, -0.15) is 8.42 Å². The molecular formula is C24H44O5S. The zero-order valence-corrected chi connectivity index (χ0v) is 19.7. The second-order valence-electron chi connectivity index (χ2n) is 8.86. The van der Waals surface area contributed by atoms with Crippen LogP contribution in [0.15, 0.2) is 24.0 Å². The summed E-state index contributed by atoms with van der Waals surface area (Å²) >= 11 is 0. The Kier molecular flexibility index (Phi) is 13.6. The minimum Gasteiger partial charge on any atom is -0.508 e. The van der Waals surface area contributed by atoms with E-state index in [2.05, 4.69) is 6.92 Å². The number of hydrogen-bond donors (Lipinski definition) is 3. The van der Waals surface area contributed by atoms with Crippen LogP contribution in [0.25, 0.3) is 0 Å². The fourth-order valence-corrected chi connectivity index (χ4v) is 5.32. The Morgan fingerprint density at radius 2 is 1.20 bits per heavy atom. The normalized spacial score (nSPS) is 21.7. The van der Waals surface area contributed by atoms with E-state index in [0.717, 1.165) is 25.3 Å². The first-order valence-electron chi connectivity index (χ1n) is 12.1. The van der Waals surface area contributed by atoms with Gasteiger partial charge in [0.1, 0.15) is 10.5 Å². The summed E-state index contributed by atoms with van der Waals surface area (Å²) in [5, 5.41) is 19.8. The summed E-state index contributed by atoms with van der Waals surface area (Å²) in [6.07, 6.45) is 21.9. The largest absolute Gasteiger partial charge is 0.508 e. The average molecular weight is 445 g/mol. The van der Waals surface area contributed by atoms with E-state index in [1.165, 1.54) is 89.2 Å². The number of hydrogen-bond acceptors (Lipinski definition) is 4. The Labute approximate surface area is 184 Å². The van der Waals surface area contributed by atoms with Crippen LogP contribution in [0.2, 0.25) is 0 Å². The summed E-state index contributed by atoms with van der Waals surface area (Å²) in [6.45, 7) is 2.25. The van der Waals surface area contributed by atoms with Crippen molar-refractivity contribution in [2.75, 3.05) is 0 Å². The highest BCUT2D eigenvalue weighted by Crippen LogP contribution is 2.34. The minimum atomic E-state index is -4.53. The van der Waals surface area contributed by atoms with Crippen molar-refractivity contribution in [2.45, 2.75) is 127 Å². The molecule has 0 radical (unpaired) electrons. The van der Waals surface area contributed by atoms with Crippen molar-refractivity contribution in [2.24, 2.45) is 0 Å². The molecule has 0 spiro atoms. The van der Waals surface area contributed by atoms with Gasteiger partial charge in [-0.1, -0.05) is 116 Å². The van der Waals surface area contributed by atoms with Crippen LogP contribution in [0, 0.1) is 0 Å². The van der Waals surface area contributed by atoms with Crippen LogP contribution in [0.3, 0.4) is 0 Å². The van der Waals surface area contributed by atoms with Crippen LogP contribution in [-0.4, -0.2) is 34.0 Å². The van der Waals surface area contributed by atoms with E-state index in [0.29, 0.717) is 6.42 Å². The molecule has 6 heteroatoms. The smallest absolute Gasteiger partial charge is 0.277 e. The van der Waals surface area contributed by atoms with E-state index in [1.54, 1.807) is 0 Å². The first-order valence-corrected chi connectivity index (χ1v) is 13.5. The lowest BCUT2D eigenvalue weighted by atomic mass is 9.90. The molecule has 0 heterocycles. The quantitative estimate of drug-likeness (QED) is 0.163. The van der Waals surface area contributed by atoms with Crippen molar-refractivity contribution in [3.8, 4) is 0 Å². The zero-order chi connectivity index (χ0) is 22.3. The van der Waals surface area contributed by atoms with Crippen molar-refractivity contribution < 1.29 is 23.2 Å². The van der Waals surface area contributed by atoms with Gasteiger partial charge in [0.05, 0.1) is 6.10 Å². The van der Waals surface area contributed by atoms with Gasteiger partial charge in [0, 0.05) is 0 Å². The van der Waals surface area contributed by atoms with Crippen LogP contribution in [-0.2, 0) is 10.1 Å². The molecule has 0 saturated carbocycles. The Hall–Kier alpha value is -0.850. The average Bonchev–Trinajstić information content (AvgIpc) is 2.69. The second-order valence-corrected chi connectivity index (χ2v) is 10.6. The summed E-state index contributed by atoms with van der Waals surface area (Å²) < 4.78 is 31.5. The first-order chi connectivity index (χ1) is 14.3. The number of allylic oxidation sites excluding steroid dienone is 1. The van der Waals surface area contributed by atoms with E-state index in [4.69, 9.17) is 0 Å². The number of aliphatic hydroxyl groups is 2. The third-order valence-electron chi connectivity index (χ3n) is 6.24. The minimum absolute atomic E-state index is 0.0971. The molecule has 2 unspecified atom stereocenters. The Morgan fingerprint density at radius 1 is 0.800 bits per heavy atom. The van der Waals surface area contributed by atoms with Gasteiger partial charge in [-0.15, -0.1) is 0 Å². The van der Waals surface area contributed by atoms with Crippen LogP contribution in [0.5, 0.6) is 0 Å². The highest BCUT2D eigenvalue weighted by atomic mass is 32.2. The van der Waals surface area contributed by atoms with Crippen LogP contribution in [0.4, 0.5) is 0 Å². The van der Waals surface area contributed by atoms with Gasteiger partial charge in [-0.25, -0.2) is 0 Å². The monoisotopic (exact) mass is 444 g/mol. The molecule has 3 N–H and O–H groups in total. The number of aliphatic hydroxyl groups excluding tert-OH is 2. The molecule has 176 valence electrons. The van der Waals surface area contributed by atoms with Crippen LogP contribution in [0.1, 0.15) is 116 Å². The fourth-order valence-electron chi connectivity index (χ4n) is 4.26. The summed E-state index contributed by atoms with van der Waals surface area (Å²) in [5.74, 6) is -0.241. The van der Waals surface area contributed by atoms with Crippen molar-refractivity contribution >= 4 is 10.1 Å². The molecule has 0 amide bonds. The molecule has 1 aliphatic carbocycles. The van der Waals surface area contributed by atoms with Gasteiger partial charge in [-0.3, -0.25) is 4.55 Å². The maximum absolute atomic E-state index is 11.9. The molecule has 0 fully saturated rings. The molecule has 2 atom stereocenters. The first kappa shape index (κ1) is 27.2. The number of rotatable bonds is 18. The molecule has 1 rings (SSSR count). The van der Waals surface area contributed by atoms with Crippen molar-refractivity contribution in [1.82, 2.24) is 0 Å². The van der Waals surface area contributed by atoms with E-state index in [1.807, 2.05) is 0 Å². The second kappa shape index (κ2) is 15.0. The van der Waals surface area contributed by atoms with E-state index < -0.39 is 21.0 Å². The van der Waals surface area contributed by atoms with Crippen molar-refractivity contribution in [3.63, 3.8) is 0 Å². The topological polar surface area (TPSA) is 94.8 Å². The van der Waals surface area contributed by atoms with Crippen LogP contribution < -0.4 is 0 Å². The Balaban J connectivity index is 2.05. The van der Waals surface area contributed by atoms with Crippen molar-refractivity contribution in [1.29, 1.82) is 0 Å². The third-order valence-corrected chi connectivity index (χ3v) is 7.77. The lowest BCUT2D eigenvalue weighted by molar-refractivity contribution is 0.169. The van der Waals surface area contributed by atoms with E-state index in [9.17, 15) is 23.2 Å². The van der Waals surface area contributed by atoms with Crippen LogP contribution >= 0.6 is 0 Å². The SMILES string of the molecule is CCCCCCCCCCCCCCCCCCC1(S(=O)(=O)O)C=C(O)C=CC1O. The number of unbranched alkanes of at least 4 members (excludes halogenated alkanes) is 15. The standard InChI is InChI=1S/C24H44O5S/c1-2-3-4-5-6-7-8-9-10-11-12-13-14-15-16-17-20-24(30(27,28)29)21-22(25)18-19-23(24)26/h18-19,21,23,25-26H,2-17,20H2,1H3,(H,27,28,29). The highest BCUT2D eigenvalue weighted by Gasteiger charge is 2.47. The van der Waals surface area contributed by atoms with Gasteiger partial charge in [0.25, 0.3) is 10.1 Å². The molecular weight excluding hydrogens is 400 g/mol. The van der Waals surface area contributed by atoms with Gasteiger partial charge >= 0.3 is 0 Å². The predicted molar refractivity (Wildman–Crippen MR) is 124 cm³/mol. The summed E-state index contributed by atoms with van der Waals surface area (Å²) in [4.78, 5) is 0. The summed E-state index contributed by atoms with van der Waals surface area (Å²) in [6, 6.07) is 0. The Morgan fingerprint density at radius 3 is 1.60 bits per heavy atom. The summed E-state index contributed by atoms with van der Waals surface area (Å²) in [5.41, 5.74) is 0. The molecule has 0 bridgehead atoms. The maximum atomic E-state index is 11.9. The Bertz CT molecular complexity index is 611. The molecule has 0 aliphatic heterocycles. The predicted octanol–water partition coefficient (Wildman–Crippen LogP) is 6.64. The molecule has 1 aliphatic rings. The molecule has 30 heavy (non-hydrogen) atoms. The lowest BCUT2D eigenvalue weighted by Gasteiger charge is -2.32. The van der Waals surface area contributed by atoms with Gasteiger partial charge in [0.2, 0.25) is 0 Å². The third kappa shape index (κ3) is 9.97. The lowest BCUT2D eigenvalue weighted by Crippen LogP contribution is -2.48. The molecule has 0 aromatic rings. The highest BCUT2D eigenvalue weighted by molar-refractivity contribution is 7.87. The molecule has 0 saturated heterocycles. The van der Waals surface area contributed by atoms with Gasteiger partial charge in [-0.05, 0) is 18.6 Å². The van der Waals surface area contributed by atoms with E-state index in [-0.39, 0.29) is 12.2 Å². The molecule has 0 aromatic carbocycles. The molecule has 0 aromatic heterocycles. The fraction of sp³-hybridized carbons (Fsp3) is 0.833. The van der Waals surface area contributed by atoms with Gasteiger partial charge in [0.15, 0.2) is 0 Å². The zero-order valence-electron chi connectivity index (χ0n) is 18.9.